The van der Waals surface area contributed by atoms with Crippen molar-refractivity contribution in [1.82, 2.24) is 10.2 Å². The SMILES string of the molecule is CN(C)C(=O)c1ccc(CNC(=O)C2(c3ccc(Cl)cc3)CC2)cc1. The third kappa shape index (κ3) is 3.69. The molecule has 2 amide bonds. The Morgan fingerprint density at radius 2 is 1.64 bits per heavy atom. The Morgan fingerprint density at radius 3 is 2.16 bits per heavy atom. The van der Waals surface area contributed by atoms with E-state index < -0.39 is 5.41 Å². The van der Waals surface area contributed by atoms with Crippen molar-refractivity contribution in [2.75, 3.05) is 14.1 Å². The Morgan fingerprint density at radius 1 is 1.04 bits per heavy atom. The first-order valence-corrected chi connectivity index (χ1v) is 8.65. The molecule has 1 aliphatic rings. The quantitative estimate of drug-likeness (QED) is 0.892. The van der Waals surface area contributed by atoms with Crippen LogP contribution >= 0.6 is 11.6 Å². The van der Waals surface area contributed by atoms with Gasteiger partial charge in [-0.05, 0) is 48.2 Å². The maximum Gasteiger partial charge on any atom is 0.253 e. The molecule has 1 N–H and O–H groups in total. The highest BCUT2D eigenvalue weighted by Gasteiger charge is 2.50. The molecular formula is C20H21ClN2O2. The van der Waals surface area contributed by atoms with E-state index >= 15 is 0 Å². The summed E-state index contributed by atoms with van der Waals surface area (Å²) in [5.41, 5.74) is 2.21. The summed E-state index contributed by atoms with van der Waals surface area (Å²) in [6, 6.07) is 14.8. The summed E-state index contributed by atoms with van der Waals surface area (Å²) in [4.78, 5) is 26.1. The summed E-state index contributed by atoms with van der Waals surface area (Å²) < 4.78 is 0. The summed E-state index contributed by atoms with van der Waals surface area (Å²) >= 11 is 5.93. The molecule has 0 bridgehead atoms. The van der Waals surface area contributed by atoms with Crippen molar-refractivity contribution >= 4 is 23.4 Å². The number of amides is 2. The lowest BCUT2D eigenvalue weighted by Gasteiger charge is -2.16. The number of hydrogen-bond donors (Lipinski definition) is 1. The molecule has 2 aromatic carbocycles. The van der Waals surface area contributed by atoms with Crippen LogP contribution in [0.5, 0.6) is 0 Å². The fourth-order valence-electron chi connectivity index (χ4n) is 2.92. The first kappa shape index (κ1) is 17.5. The zero-order valence-corrected chi connectivity index (χ0v) is 15.1. The van der Waals surface area contributed by atoms with E-state index in [4.69, 9.17) is 11.6 Å². The number of carbonyl (C=O) groups excluding carboxylic acids is 2. The lowest BCUT2D eigenvalue weighted by molar-refractivity contribution is -0.123. The van der Waals surface area contributed by atoms with E-state index in [1.807, 2.05) is 36.4 Å². The van der Waals surface area contributed by atoms with Crippen LogP contribution in [0.1, 0.15) is 34.3 Å². The molecule has 0 aliphatic heterocycles. The highest BCUT2D eigenvalue weighted by Crippen LogP contribution is 2.48. The number of halogens is 1. The van der Waals surface area contributed by atoms with E-state index in [9.17, 15) is 9.59 Å². The van der Waals surface area contributed by atoms with Gasteiger partial charge in [0.25, 0.3) is 5.91 Å². The van der Waals surface area contributed by atoms with Gasteiger partial charge in [-0.1, -0.05) is 35.9 Å². The van der Waals surface area contributed by atoms with Gasteiger partial charge < -0.3 is 10.2 Å². The van der Waals surface area contributed by atoms with Crippen LogP contribution in [0.4, 0.5) is 0 Å². The first-order chi connectivity index (χ1) is 11.9. The second kappa shape index (κ2) is 6.89. The maximum absolute atomic E-state index is 12.6. The number of rotatable bonds is 5. The van der Waals surface area contributed by atoms with Gasteiger partial charge in [0.05, 0.1) is 5.41 Å². The zero-order chi connectivity index (χ0) is 18.0. The van der Waals surface area contributed by atoms with Gasteiger partial charge in [0.1, 0.15) is 0 Å². The number of carbonyl (C=O) groups is 2. The van der Waals surface area contributed by atoms with Gasteiger partial charge in [-0.2, -0.15) is 0 Å². The predicted octanol–water partition coefficient (Wildman–Crippen LogP) is 3.39. The van der Waals surface area contributed by atoms with Crippen LogP contribution in [0, 0.1) is 0 Å². The van der Waals surface area contributed by atoms with Gasteiger partial charge in [-0.3, -0.25) is 9.59 Å². The molecule has 5 heteroatoms. The van der Waals surface area contributed by atoms with Crippen LogP contribution in [0.2, 0.25) is 5.02 Å². The molecule has 0 spiro atoms. The second-order valence-corrected chi connectivity index (χ2v) is 7.10. The normalized spacial score (nSPS) is 14.7. The minimum atomic E-state index is -0.411. The van der Waals surface area contributed by atoms with Gasteiger partial charge in [-0.25, -0.2) is 0 Å². The van der Waals surface area contributed by atoms with E-state index in [0.29, 0.717) is 17.1 Å². The minimum absolute atomic E-state index is 0.0322. The molecule has 1 saturated carbocycles. The summed E-state index contributed by atoms with van der Waals surface area (Å²) in [5.74, 6) is 0.0125. The predicted molar refractivity (Wildman–Crippen MR) is 98.7 cm³/mol. The number of nitrogens with one attached hydrogen (secondary N) is 1. The highest BCUT2D eigenvalue weighted by molar-refractivity contribution is 6.30. The molecular weight excluding hydrogens is 336 g/mol. The van der Waals surface area contributed by atoms with Gasteiger partial charge in [0, 0.05) is 31.2 Å². The van der Waals surface area contributed by atoms with E-state index in [-0.39, 0.29) is 11.8 Å². The Kier molecular flexibility index (Phi) is 4.82. The lowest BCUT2D eigenvalue weighted by Crippen LogP contribution is -2.34. The van der Waals surface area contributed by atoms with Gasteiger partial charge in [-0.15, -0.1) is 0 Å². The first-order valence-electron chi connectivity index (χ1n) is 8.27. The number of nitrogens with zero attached hydrogens (tertiary/aromatic N) is 1. The highest BCUT2D eigenvalue weighted by atomic mass is 35.5. The average Bonchev–Trinajstić information content (AvgIpc) is 3.42. The maximum atomic E-state index is 12.6. The fourth-order valence-corrected chi connectivity index (χ4v) is 3.04. The summed E-state index contributed by atoms with van der Waals surface area (Å²) in [5, 5.41) is 3.69. The lowest BCUT2D eigenvalue weighted by atomic mass is 9.95. The van der Waals surface area contributed by atoms with E-state index in [2.05, 4.69) is 5.32 Å². The second-order valence-electron chi connectivity index (χ2n) is 6.67. The average molecular weight is 357 g/mol. The molecule has 1 fully saturated rings. The molecule has 0 atom stereocenters. The van der Waals surface area contributed by atoms with Crippen molar-refractivity contribution in [3.8, 4) is 0 Å². The standard InChI is InChI=1S/C20H21ClN2O2/c1-23(2)18(24)15-5-3-14(4-6-15)13-22-19(25)20(11-12-20)16-7-9-17(21)10-8-16/h3-10H,11-13H2,1-2H3,(H,22,25). The molecule has 0 saturated heterocycles. The number of benzene rings is 2. The third-order valence-electron chi connectivity index (χ3n) is 4.64. The monoisotopic (exact) mass is 356 g/mol. The zero-order valence-electron chi connectivity index (χ0n) is 14.4. The molecule has 130 valence electrons. The van der Waals surface area contributed by atoms with Gasteiger partial charge >= 0.3 is 0 Å². The van der Waals surface area contributed by atoms with Crippen LogP contribution in [0.15, 0.2) is 48.5 Å². The van der Waals surface area contributed by atoms with Crippen LogP contribution in [0.3, 0.4) is 0 Å². The minimum Gasteiger partial charge on any atom is -0.351 e. The van der Waals surface area contributed by atoms with Crippen molar-refractivity contribution in [1.29, 1.82) is 0 Å². The van der Waals surface area contributed by atoms with Crippen LogP contribution in [0.25, 0.3) is 0 Å². The number of hydrogen-bond acceptors (Lipinski definition) is 2. The van der Waals surface area contributed by atoms with Crippen molar-refractivity contribution < 1.29 is 9.59 Å². The largest absolute Gasteiger partial charge is 0.351 e. The van der Waals surface area contributed by atoms with Crippen LogP contribution in [-0.4, -0.2) is 30.8 Å². The molecule has 0 heterocycles. The Hall–Kier alpha value is -2.33. The van der Waals surface area contributed by atoms with E-state index in [0.717, 1.165) is 24.0 Å². The topological polar surface area (TPSA) is 49.4 Å². The summed E-state index contributed by atoms with van der Waals surface area (Å²) in [7, 11) is 3.45. The molecule has 3 rings (SSSR count). The van der Waals surface area contributed by atoms with Crippen molar-refractivity contribution in [2.24, 2.45) is 0 Å². The van der Waals surface area contributed by atoms with E-state index in [1.165, 1.54) is 0 Å². The van der Waals surface area contributed by atoms with Gasteiger partial charge in [0.2, 0.25) is 5.91 Å². The Bertz CT molecular complexity index is 778. The molecule has 0 radical (unpaired) electrons. The molecule has 0 unspecified atom stereocenters. The molecule has 25 heavy (non-hydrogen) atoms. The molecule has 1 aliphatic carbocycles. The fraction of sp³-hybridized carbons (Fsp3) is 0.300. The Balaban J connectivity index is 1.63. The van der Waals surface area contributed by atoms with Crippen LogP contribution in [-0.2, 0) is 16.8 Å². The summed E-state index contributed by atoms with van der Waals surface area (Å²) in [6.07, 6.45) is 1.72. The molecule has 0 aromatic heterocycles. The summed E-state index contributed by atoms with van der Waals surface area (Å²) in [6.45, 7) is 0.449. The molecule has 2 aromatic rings. The van der Waals surface area contributed by atoms with Crippen molar-refractivity contribution in [2.45, 2.75) is 24.8 Å². The van der Waals surface area contributed by atoms with Crippen LogP contribution < -0.4 is 5.32 Å². The molecule has 4 nitrogen and oxygen atoms in total. The third-order valence-corrected chi connectivity index (χ3v) is 4.89. The van der Waals surface area contributed by atoms with E-state index in [1.54, 1.807) is 31.1 Å². The smallest absolute Gasteiger partial charge is 0.253 e. The van der Waals surface area contributed by atoms with Crippen molar-refractivity contribution in [3.05, 3.63) is 70.2 Å². The van der Waals surface area contributed by atoms with Gasteiger partial charge in [0.15, 0.2) is 0 Å². The van der Waals surface area contributed by atoms with Crippen molar-refractivity contribution in [3.63, 3.8) is 0 Å². The Labute approximate surface area is 152 Å².